The van der Waals surface area contributed by atoms with E-state index in [1.807, 2.05) is 0 Å². The van der Waals surface area contributed by atoms with E-state index in [1.165, 1.54) is 19.3 Å². The molecular weight excluding hydrogens is 268 g/mol. The van der Waals surface area contributed by atoms with Crippen LogP contribution in [0.2, 0.25) is 0 Å². The zero-order chi connectivity index (χ0) is 11.7. The van der Waals surface area contributed by atoms with E-state index in [1.54, 1.807) is 0 Å². The van der Waals surface area contributed by atoms with Crippen LogP contribution in [0.5, 0.6) is 0 Å². The molecule has 0 unspecified atom stereocenters. The topological polar surface area (TPSA) is 0 Å². The number of allylic oxidation sites excluding steroid dienone is 1. The van der Waals surface area contributed by atoms with E-state index in [9.17, 15) is 12.9 Å². The average molecular weight is 286 g/mol. The van der Waals surface area contributed by atoms with Crippen LogP contribution in [0.3, 0.4) is 0 Å². The van der Waals surface area contributed by atoms with Crippen molar-refractivity contribution in [2.45, 2.75) is 51.9 Å². The lowest BCUT2D eigenvalue weighted by atomic mass is 9.91. The summed E-state index contributed by atoms with van der Waals surface area (Å²) in [6.07, 6.45) is 7.11. The molecule has 0 saturated carbocycles. The lowest BCUT2D eigenvalue weighted by molar-refractivity contribution is 0.498. The number of rotatable bonds is 8. The van der Waals surface area contributed by atoms with E-state index < -0.39 is 6.98 Å². The molecule has 0 aromatic carbocycles. The van der Waals surface area contributed by atoms with Gasteiger partial charge in [-0.3, -0.25) is 0 Å². The van der Waals surface area contributed by atoms with Crippen molar-refractivity contribution in [3.05, 3.63) is 10.5 Å². The van der Waals surface area contributed by atoms with E-state index >= 15 is 0 Å². The number of unbranched alkanes of at least 4 members (excludes halogenated alkanes) is 5. The van der Waals surface area contributed by atoms with Gasteiger partial charge in [0.05, 0.1) is 0 Å². The highest BCUT2D eigenvalue weighted by atomic mass is 79.9. The first-order chi connectivity index (χ1) is 6.95. The van der Waals surface area contributed by atoms with Gasteiger partial charge < -0.3 is 12.9 Å². The van der Waals surface area contributed by atoms with Crippen molar-refractivity contribution in [2.75, 3.05) is 0 Å². The third-order valence-electron chi connectivity index (χ3n) is 2.14. The molecule has 0 N–H and O–H groups in total. The second-order valence-corrected chi connectivity index (χ2v) is 4.78. The molecule has 0 heterocycles. The van der Waals surface area contributed by atoms with Crippen molar-refractivity contribution >= 4 is 22.9 Å². The van der Waals surface area contributed by atoms with E-state index in [4.69, 9.17) is 0 Å². The Bertz CT molecular complexity index is 190. The molecule has 0 spiro atoms. The molecule has 0 amide bonds. The molecule has 5 heteroatoms. The highest BCUT2D eigenvalue weighted by molar-refractivity contribution is 9.11. The Morgan fingerprint density at radius 3 is 2.13 bits per heavy atom. The molecule has 0 aromatic heterocycles. The molecule has 0 aliphatic heterocycles. The van der Waals surface area contributed by atoms with Gasteiger partial charge in [0.15, 0.2) is 0 Å². The van der Waals surface area contributed by atoms with Crippen molar-refractivity contribution in [3.8, 4) is 0 Å². The van der Waals surface area contributed by atoms with Crippen LogP contribution < -0.4 is 0 Å². The molecule has 0 nitrogen and oxygen atoms in total. The maximum Gasteiger partial charge on any atom is 0.503 e. The second kappa shape index (κ2) is 8.25. The molecule has 0 rings (SSSR count). The molecule has 0 atom stereocenters. The normalized spacial score (nSPS) is 13.3. The molecule has 0 aliphatic rings. The van der Waals surface area contributed by atoms with Crippen LogP contribution >= 0.6 is 15.9 Å². The lowest BCUT2D eigenvalue weighted by Crippen LogP contribution is -2.10. The highest BCUT2D eigenvalue weighted by Crippen LogP contribution is 2.21. The first-order valence-corrected chi connectivity index (χ1v) is 6.32. The summed E-state index contributed by atoms with van der Waals surface area (Å²) in [5.41, 5.74) is 0. The van der Waals surface area contributed by atoms with Crippen LogP contribution in [0.1, 0.15) is 51.9 Å². The summed E-state index contributed by atoms with van der Waals surface area (Å²) in [5.74, 6) is 0.395. The van der Waals surface area contributed by atoms with E-state index in [2.05, 4.69) is 22.9 Å². The average Bonchev–Trinajstić information content (AvgIpc) is 2.08. The van der Waals surface area contributed by atoms with Gasteiger partial charge in [0.1, 0.15) is 0 Å². The number of hydrogen-bond acceptors (Lipinski definition) is 0. The van der Waals surface area contributed by atoms with Crippen LogP contribution in [-0.4, -0.2) is 6.98 Å². The minimum atomic E-state index is -4.79. The van der Waals surface area contributed by atoms with Crippen molar-refractivity contribution in [3.63, 3.8) is 0 Å². The van der Waals surface area contributed by atoms with Gasteiger partial charge in [-0.05, 0) is 17.3 Å². The van der Waals surface area contributed by atoms with Gasteiger partial charge in [0, 0.05) is 0 Å². The highest BCUT2D eigenvalue weighted by Gasteiger charge is 2.18. The van der Waals surface area contributed by atoms with Crippen LogP contribution in [0.25, 0.3) is 0 Å². The van der Waals surface area contributed by atoms with Gasteiger partial charge >= 0.3 is 6.98 Å². The van der Waals surface area contributed by atoms with E-state index in [-0.39, 0.29) is 4.48 Å². The quantitative estimate of drug-likeness (QED) is 0.414. The fourth-order valence-electron chi connectivity index (χ4n) is 1.36. The lowest BCUT2D eigenvalue weighted by Gasteiger charge is -2.09. The summed E-state index contributed by atoms with van der Waals surface area (Å²) >= 11 is 2.95. The zero-order valence-corrected chi connectivity index (χ0v) is 10.7. The Balaban J connectivity index is 3.47. The minimum absolute atomic E-state index is 0.283. The summed E-state index contributed by atoms with van der Waals surface area (Å²) in [6, 6.07) is 0. The summed E-state index contributed by atoms with van der Waals surface area (Å²) in [6.45, 7) is -2.64. The predicted molar refractivity (Wildman–Crippen MR) is 64.1 cm³/mol. The molecule has 0 bridgehead atoms. The summed E-state index contributed by atoms with van der Waals surface area (Å²) in [7, 11) is 0. The molecule has 0 radical (unpaired) electrons. The molecule has 0 saturated heterocycles. The minimum Gasteiger partial charge on any atom is -0.445 e. The van der Waals surface area contributed by atoms with Gasteiger partial charge in [0.2, 0.25) is 0 Å². The molecular formula is C10H18BBrF3-. The molecule has 0 aliphatic carbocycles. The summed E-state index contributed by atoms with van der Waals surface area (Å²) in [5, 5.41) is 0. The van der Waals surface area contributed by atoms with Gasteiger partial charge in [-0.1, -0.05) is 55.0 Å². The van der Waals surface area contributed by atoms with Gasteiger partial charge in [-0.15, -0.1) is 5.98 Å². The van der Waals surface area contributed by atoms with Crippen LogP contribution in [0, 0.1) is 0 Å². The van der Waals surface area contributed by atoms with E-state index in [0.717, 1.165) is 19.3 Å². The standard InChI is InChI=1S/C10H18BBrF3/c1-2-3-4-5-6-7-8-10(12)9-11(13,14)15/h9H,2-8H2,1H3/q-1. The monoisotopic (exact) mass is 285 g/mol. The SMILES string of the molecule is CCCCCCCCC(Br)=C[B-](F)(F)F. The summed E-state index contributed by atoms with van der Waals surface area (Å²) < 4.78 is 36.1. The molecule has 0 fully saturated rings. The molecule has 0 aromatic rings. The molecule has 15 heavy (non-hydrogen) atoms. The number of halogens is 4. The Morgan fingerprint density at radius 1 is 1.07 bits per heavy atom. The fraction of sp³-hybridized carbons (Fsp3) is 0.800. The maximum absolute atomic E-state index is 11.9. The van der Waals surface area contributed by atoms with Crippen molar-refractivity contribution in [1.82, 2.24) is 0 Å². The smallest absolute Gasteiger partial charge is 0.445 e. The predicted octanol–water partition coefficient (Wildman–Crippen LogP) is 5.40. The Morgan fingerprint density at radius 2 is 1.60 bits per heavy atom. The Hall–Kier alpha value is 0.0749. The fourth-order valence-corrected chi connectivity index (χ4v) is 1.94. The van der Waals surface area contributed by atoms with Gasteiger partial charge in [-0.2, -0.15) is 0 Å². The summed E-state index contributed by atoms with van der Waals surface area (Å²) in [4.78, 5) is 0. The number of hydrogen-bond donors (Lipinski definition) is 0. The Labute approximate surface area is 98.5 Å². The second-order valence-electron chi connectivity index (χ2n) is 3.76. The first kappa shape index (κ1) is 15.1. The van der Waals surface area contributed by atoms with Gasteiger partial charge in [-0.25, -0.2) is 0 Å². The molecule has 90 valence electrons. The van der Waals surface area contributed by atoms with Gasteiger partial charge in [0.25, 0.3) is 0 Å². The first-order valence-electron chi connectivity index (χ1n) is 5.53. The van der Waals surface area contributed by atoms with Crippen LogP contribution in [-0.2, 0) is 0 Å². The largest absolute Gasteiger partial charge is 0.503 e. The Kier molecular flexibility index (Phi) is 8.29. The maximum atomic E-state index is 11.9. The van der Waals surface area contributed by atoms with Crippen molar-refractivity contribution in [1.29, 1.82) is 0 Å². The third-order valence-corrected chi connectivity index (χ3v) is 2.80. The van der Waals surface area contributed by atoms with Crippen LogP contribution in [0.15, 0.2) is 10.5 Å². The van der Waals surface area contributed by atoms with E-state index in [0.29, 0.717) is 12.4 Å². The van der Waals surface area contributed by atoms with Crippen LogP contribution in [0.4, 0.5) is 12.9 Å². The van der Waals surface area contributed by atoms with Crippen molar-refractivity contribution in [2.24, 2.45) is 0 Å². The third kappa shape index (κ3) is 12.0. The van der Waals surface area contributed by atoms with Crippen molar-refractivity contribution < 1.29 is 12.9 Å². The zero-order valence-electron chi connectivity index (χ0n) is 9.12.